The van der Waals surface area contributed by atoms with Gasteiger partial charge in [-0.1, -0.05) is 41.9 Å². The Morgan fingerprint density at radius 1 is 0.967 bits per heavy atom. The van der Waals surface area contributed by atoms with E-state index in [1.54, 1.807) is 24.5 Å². The summed E-state index contributed by atoms with van der Waals surface area (Å²) < 4.78 is 13.7. The number of aromatic amines is 1. The molecule has 0 aliphatic carbocycles. The summed E-state index contributed by atoms with van der Waals surface area (Å²) in [6.07, 6.45) is 3.01. The molecule has 9 heteroatoms. The highest BCUT2D eigenvalue weighted by Crippen LogP contribution is 2.30. The molecule has 0 amide bonds. The van der Waals surface area contributed by atoms with Crippen molar-refractivity contribution >= 4 is 39.6 Å². The number of nitrogens with one attached hydrogen (secondary N) is 2. The van der Waals surface area contributed by atoms with E-state index in [9.17, 15) is 4.39 Å². The topological polar surface area (TPSA) is 92.3 Å². The van der Waals surface area contributed by atoms with Crippen LogP contribution < -0.4 is 5.32 Å². The number of rotatable bonds is 5. The number of H-pyrrole nitrogens is 1. The third-order valence-corrected chi connectivity index (χ3v) is 5.08. The Labute approximate surface area is 175 Å². The molecule has 0 radical (unpaired) electrons. The summed E-state index contributed by atoms with van der Waals surface area (Å²) in [5.74, 6) is 0.568. The second-order valence-corrected chi connectivity index (χ2v) is 7.00. The number of hydrogen-bond acceptors (Lipinski definition) is 6. The highest BCUT2D eigenvalue weighted by Gasteiger charge is 2.16. The largest absolute Gasteiger partial charge is 0.362 e. The van der Waals surface area contributed by atoms with Crippen molar-refractivity contribution in [3.63, 3.8) is 0 Å². The maximum atomic E-state index is 13.7. The molecule has 2 N–H and O–H groups in total. The molecule has 2 aromatic carbocycles. The maximum Gasteiger partial charge on any atom is 0.162 e. The average Bonchev–Trinajstić information content (AvgIpc) is 3.27. The third-order valence-electron chi connectivity index (χ3n) is 4.77. The monoisotopic (exact) mass is 419 g/mol. The van der Waals surface area contributed by atoms with Crippen LogP contribution in [0.3, 0.4) is 0 Å². The minimum atomic E-state index is -0.606. The predicted octanol–water partition coefficient (Wildman–Crippen LogP) is 4.70. The minimum absolute atomic E-state index is 0.310. The SMILES string of the molecule is FCc1ccccc1-c1nc2c(Cl)cccc2nc1CNc1ncnc2[nH]cnc12. The molecule has 0 bridgehead atoms. The van der Waals surface area contributed by atoms with Crippen LogP contribution in [0.4, 0.5) is 10.2 Å². The molecule has 0 saturated heterocycles. The van der Waals surface area contributed by atoms with Crippen molar-refractivity contribution in [1.29, 1.82) is 0 Å². The summed E-state index contributed by atoms with van der Waals surface area (Å²) in [7, 11) is 0. The van der Waals surface area contributed by atoms with Gasteiger partial charge in [-0.25, -0.2) is 29.3 Å². The molecule has 0 aliphatic heterocycles. The van der Waals surface area contributed by atoms with Crippen molar-refractivity contribution in [2.45, 2.75) is 13.2 Å². The first-order valence-corrected chi connectivity index (χ1v) is 9.59. The average molecular weight is 420 g/mol. The predicted molar refractivity (Wildman–Crippen MR) is 114 cm³/mol. The maximum absolute atomic E-state index is 13.7. The molecular weight excluding hydrogens is 405 g/mol. The molecule has 0 fully saturated rings. The van der Waals surface area contributed by atoms with Gasteiger partial charge in [0.25, 0.3) is 0 Å². The quantitative estimate of drug-likeness (QED) is 0.429. The van der Waals surface area contributed by atoms with Crippen LogP contribution in [0.25, 0.3) is 33.5 Å². The van der Waals surface area contributed by atoms with E-state index in [1.165, 1.54) is 6.33 Å². The van der Waals surface area contributed by atoms with Crippen LogP contribution in [-0.4, -0.2) is 29.9 Å². The van der Waals surface area contributed by atoms with Crippen LogP contribution in [0.5, 0.6) is 0 Å². The van der Waals surface area contributed by atoms with Gasteiger partial charge < -0.3 is 10.3 Å². The molecule has 30 heavy (non-hydrogen) atoms. The first kappa shape index (κ1) is 18.4. The van der Waals surface area contributed by atoms with Gasteiger partial charge in [0.05, 0.1) is 34.8 Å². The summed E-state index contributed by atoms with van der Waals surface area (Å²) >= 11 is 6.35. The Bertz CT molecular complexity index is 1370. The Morgan fingerprint density at radius 3 is 2.77 bits per heavy atom. The van der Waals surface area contributed by atoms with Crippen molar-refractivity contribution in [3.8, 4) is 11.3 Å². The first-order chi connectivity index (χ1) is 14.7. The summed E-state index contributed by atoms with van der Waals surface area (Å²) in [4.78, 5) is 25.2. The third kappa shape index (κ3) is 3.21. The van der Waals surface area contributed by atoms with Crippen molar-refractivity contribution in [2.75, 3.05) is 5.32 Å². The highest BCUT2D eigenvalue weighted by atomic mass is 35.5. The fourth-order valence-corrected chi connectivity index (χ4v) is 3.56. The highest BCUT2D eigenvalue weighted by molar-refractivity contribution is 6.34. The van der Waals surface area contributed by atoms with Gasteiger partial charge in [-0.3, -0.25) is 0 Å². The second-order valence-electron chi connectivity index (χ2n) is 6.59. The molecule has 148 valence electrons. The number of nitrogens with zero attached hydrogens (tertiary/aromatic N) is 5. The Morgan fingerprint density at radius 2 is 1.87 bits per heavy atom. The Hall–Kier alpha value is -3.65. The standard InChI is InChI=1S/C21H15ClFN7/c22-14-6-3-7-15-18(14)30-17(13-5-2-1-4-12(13)8-23)16(29-15)9-24-20-19-21(26-10-25-19)28-11-27-20/h1-7,10-11H,8-9H2,(H2,24,25,26,27,28). The molecule has 5 rings (SSSR count). The lowest BCUT2D eigenvalue weighted by Crippen LogP contribution is -2.08. The molecule has 0 spiro atoms. The molecule has 7 nitrogen and oxygen atoms in total. The molecule has 0 saturated carbocycles. The van der Waals surface area contributed by atoms with E-state index in [4.69, 9.17) is 21.6 Å². The molecule has 5 aromatic rings. The van der Waals surface area contributed by atoms with Gasteiger partial charge in [0.15, 0.2) is 11.5 Å². The minimum Gasteiger partial charge on any atom is -0.362 e. The van der Waals surface area contributed by atoms with Crippen LogP contribution in [0.1, 0.15) is 11.3 Å². The molecule has 0 unspecified atom stereocenters. The molecule has 3 aromatic heterocycles. The first-order valence-electron chi connectivity index (χ1n) is 9.22. The van der Waals surface area contributed by atoms with E-state index < -0.39 is 6.67 Å². The van der Waals surface area contributed by atoms with E-state index >= 15 is 0 Å². The Kier molecular flexibility index (Phi) is 4.68. The fraction of sp³-hybridized carbons (Fsp3) is 0.0952. The molecule has 3 heterocycles. The summed E-state index contributed by atoms with van der Waals surface area (Å²) in [5.41, 5.74) is 4.93. The van der Waals surface area contributed by atoms with Crippen molar-refractivity contribution < 1.29 is 4.39 Å². The van der Waals surface area contributed by atoms with E-state index in [1.807, 2.05) is 24.3 Å². The number of alkyl halides is 1. The van der Waals surface area contributed by atoms with E-state index in [0.717, 1.165) is 0 Å². The zero-order valence-corrected chi connectivity index (χ0v) is 16.4. The smallest absolute Gasteiger partial charge is 0.162 e. The zero-order chi connectivity index (χ0) is 20.5. The normalized spacial score (nSPS) is 11.3. The van der Waals surface area contributed by atoms with Crippen molar-refractivity contribution in [1.82, 2.24) is 29.9 Å². The fourth-order valence-electron chi connectivity index (χ4n) is 3.35. The van der Waals surface area contributed by atoms with Crippen LogP contribution in [0, 0.1) is 0 Å². The van der Waals surface area contributed by atoms with Crippen LogP contribution in [-0.2, 0) is 13.2 Å². The van der Waals surface area contributed by atoms with Gasteiger partial charge in [-0.15, -0.1) is 0 Å². The number of imidazole rings is 1. The number of hydrogen-bond donors (Lipinski definition) is 2. The van der Waals surface area contributed by atoms with Crippen LogP contribution in [0.2, 0.25) is 5.02 Å². The van der Waals surface area contributed by atoms with Gasteiger partial charge in [0.2, 0.25) is 0 Å². The number of benzene rings is 2. The van der Waals surface area contributed by atoms with E-state index in [2.05, 4.69) is 25.3 Å². The van der Waals surface area contributed by atoms with Gasteiger partial charge in [-0.05, 0) is 17.7 Å². The lowest BCUT2D eigenvalue weighted by Gasteiger charge is -2.14. The number of para-hydroxylation sites is 1. The molecule has 0 aliphatic rings. The van der Waals surface area contributed by atoms with Gasteiger partial charge in [0, 0.05) is 5.56 Å². The second kappa shape index (κ2) is 7.64. The van der Waals surface area contributed by atoms with Crippen molar-refractivity contribution in [3.05, 3.63) is 71.4 Å². The van der Waals surface area contributed by atoms with Crippen molar-refractivity contribution in [2.24, 2.45) is 0 Å². The lowest BCUT2D eigenvalue weighted by molar-refractivity contribution is 0.486. The van der Waals surface area contributed by atoms with E-state index in [0.29, 0.717) is 62.1 Å². The summed E-state index contributed by atoms with van der Waals surface area (Å²) in [6.45, 7) is -0.296. The van der Waals surface area contributed by atoms with Gasteiger partial charge in [0.1, 0.15) is 24.0 Å². The Balaban J connectivity index is 1.63. The summed E-state index contributed by atoms with van der Waals surface area (Å²) in [6, 6.07) is 12.7. The summed E-state index contributed by atoms with van der Waals surface area (Å²) in [5, 5.41) is 3.75. The van der Waals surface area contributed by atoms with Gasteiger partial charge >= 0.3 is 0 Å². The number of halogens is 2. The molecular formula is C21H15ClFN7. The molecule has 0 atom stereocenters. The number of anilines is 1. The van der Waals surface area contributed by atoms with Crippen LogP contribution in [0.15, 0.2) is 55.1 Å². The lowest BCUT2D eigenvalue weighted by atomic mass is 10.0. The van der Waals surface area contributed by atoms with Crippen LogP contribution >= 0.6 is 11.6 Å². The number of aromatic nitrogens is 6. The zero-order valence-electron chi connectivity index (χ0n) is 15.6. The number of fused-ring (bicyclic) bond motifs is 2. The van der Waals surface area contributed by atoms with E-state index in [-0.39, 0.29) is 0 Å². The van der Waals surface area contributed by atoms with Gasteiger partial charge in [-0.2, -0.15) is 0 Å².